The molecule has 1 aliphatic rings. The predicted molar refractivity (Wildman–Crippen MR) is 109 cm³/mol. The number of pyridine rings is 1. The average molecular weight is 393 g/mol. The Balaban J connectivity index is 1.32. The number of hydrogen-bond donors (Lipinski definition) is 1. The van der Waals surface area contributed by atoms with Crippen LogP contribution in [0, 0.1) is 13.8 Å². The molecule has 3 aromatic heterocycles. The Morgan fingerprint density at radius 3 is 2.41 bits per heavy atom. The maximum Gasteiger partial charge on any atom is 0.229 e. The number of hydrogen-bond acceptors (Lipinski definition) is 8. The van der Waals surface area contributed by atoms with Crippen molar-refractivity contribution in [2.24, 2.45) is 0 Å². The molecule has 1 fully saturated rings. The number of aromatic nitrogens is 4. The van der Waals surface area contributed by atoms with Gasteiger partial charge in [-0.25, -0.2) is 15.0 Å². The third kappa shape index (κ3) is 4.34. The number of rotatable bonds is 5. The molecule has 4 rings (SSSR count). The normalized spacial score (nSPS) is 14.1. The molecule has 0 aromatic carbocycles. The lowest BCUT2D eigenvalue weighted by Crippen LogP contribution is -2.47. The zero-order valence-corrected chi connectivity index (χ0v) is 16.5. The van der Waals surface area contributed by atoms with E-state index in [1.807, 2.05) is 31.3 Å². The first-order valence-electron chi connectivity index (χ1n) is 9.55. The Bertz CT molecular complexity index is 945. The largest absolute Gasteiger partial charge is 0.361 e. The lowest BCUT2D eigenvalue weighted by molar-refractivity contribution is -0.115. The van der Waals surface area contributed by atoms with Gasteiger partial charge in [-0.2, -0.15) is 0 Å². The Kier molecular flexibility index (Phi) is 5.37. The maximum absolute atomic E-state index is 12.3. The zero-order valence-electron chi connectivity index (χ0n) is 16.5. The van der Waals surface area contributed by atoms with E-state index < -0.39 is 0 Å². The van der Waals surface area contributed by atoms with Gasteiger partial charge in [-0.3, -0.25) is 4.79 Å². The van der Waals surface area contributed by atoms with E-state index in [1.54, 1.807) is 19.3 Å². The fraction of sp³-hybridized carbons (Fsp3) is 0.350. The summed E-state index contributed by atoms with van der Waals surface area (Å²) >= 11 is 0. The van der Waals surface area contributed by atoms with Gasteiger partial charge in [0.1, 0.15) is 11.6 Å². The molecule has 0 radical (unpaired) electrons. The van der Waals surface area contributed by atoms with Gasteiger partial charge in [0.25, 0.3) is 0 Å². The van der Waals surface area contributed by atoms with Gasteiger partial charge in [0.2, 0.25) is 11.9 Å². The molecule has 9 nitrogen and oxygen atoms in total. The quantitative estimate of drug-likeness (QED) is 0.702. The van der Waals surface area contributed by atoms with Crippen molar-refractivity contribution < 1.29 is 9.32 Å². The third-order valence-electron chi connectivity index (χ3n) is 4.98. The fourth-order valence-corrected chi connectivity index (χ4v) is 3.35. The van der Waals surface area contributed by atoms with Crippen LogP contribution in [0.1, 0.15) is 17.0 Å². The highest BCUT2D eigenvalue weighted by Crippen LogP contribution is 2.17. The van der Waals surface area contributed by atoms with Crippen LogP contribution in [0.2, 0.25) is 0 Å². The minimum Gasteiger partial charge on any atom is -0.361 e. The van der Waals surface area contributed by atoms with Crippen molar-refractivity contribution in [2.45, 2.75) is 20.3 Å². The van der Waals surface area contributed by atoms with Crippen molar-refractivity contribution in [1.29, 1.82) is 0 Å². The lowest BCUT2D eigenvalue weighted by Gasteiger charge is -2.35. The maximum atomic E-state index is 12.3. The van der Waals surface area contributed by atoms with Crippen molar-refractivity contribution in [3.05, 3.63) is 53.8 Å². The van der Waals surface area contributed by atoms with Crippen LogP contribution in [0.4, 0.5) is 17.5 Å². The van der Waals surface area contributed by atoms with E-state index in [0.29, 0.717) is 17.4 Å². The Hall–Kier alpha value is -3.49. The first kappa shape index (κ1) is 18.9. The van der Waals surface area contributed by atoms with Gasteiger partial charge < -0.3 is 19.6 Å². The first-order chi connectivity index (χ1) is 14.1. The summed E-state index contributed by atoms with van der Waals surface area (Å²) in [6, 6.07) is 5.94. The van der Waals surface area contributed by atoms with E-state index in [4.69, 9.17) is 4.52 Å². The second kappa shape index (κ2) is 8.26. The van der Waals surface area contributed by atoms with Gasteiger partial charge in [-0.15, -0.1) is 0 Å². The van der Waals surface area contributed by atoms with E-state index in [0.717, 1.165) is 43.3 Å². The van der Waals surface area contributed by atoms with Crippen molar-refractivity contribution in [3.8, 4) is 0 Å². The highest BCUT2D eigenvalue weighted by molar-refractivity contribution is 5.92. The number of carbonyl (C=O) groups excluding carboxylic acids is 1. The first-order valence-corrected chi connectivity index (χ1v) is 9.55. The molecule has 0 atom stereocenters. The van der Waals surface area contributed by atoms with Gasteiger partial charge in [-0.1, -0.05) is 11.2 Å². The molecule has 1 amide bonds. The SMILES string of the molecule is Cc1noc(C)c1CC(=O)Nc1cnc(N2CCN(c3ccccn3)CC2)nc1. The van der Waals surface area contributed by atoms with E-state index >= 15 is 0 Å². The molecule has 1 N–H and O–H groups in total. The second-order valence-electron chi connectivity index (χ2n) is 6.96. The summed E-state index contributed by atoms with van der Waals surface area (Å²) in [7, 11) is 0. The monoisotopic (exact) mass is 393 g/mol. The average Bonchev–Trinajstić information content (AvgIpc) is 3.07. The summed E-state index contributed by atoms with van der Waals surface area (Å²) in [5.41, 5.74) is 2.11. The summed E-state index contributed by atoms with van der Waals surface area (Å²) in [6.07, 6.45) is 5.29. The molecule has 0 aliphatic carbocycles. The van der Waals surface area contributed by atoms with E-state index in [-0.39, 0.29) is 12.3 Å². The number of piperazine rings is 1. The lowest BCUT2D eigenvalue weighted by atomic mass is 10.1. The molecule has 0 unspecified atom stereocenters. The minimum absolute atomic E-state index is 0.153. The van der Waals surface area contributed by atoms with Crippen LogP contribution in [0.15, 0.2) is 41.3 Å². The molecule has 1 aliphatic heterocycles. The van der Waals surface area contributed by atoms with E-state index in [1.165, 1.54) is 0 Å². The van der Waals surface area contributed by atoms with Gasteiger partial charge in [0.05, 0.1) is 30.2 Å². The topological polar surface area (TPSA) is 100 Å². The predicted octanol–water partition coefficient (Wildman–Crippen LogP) is 1.98. The number of nitrogens with one attached hydrogen (secondary N) is 1. The standard InChI is InChI=1S/C20H23N7O2/c1-14-17(15(2)29-25-14)11-19(28)24-16-12-22-20(23-13-16)27-9-7-26(8-10-27)18-5-3-4-6-21-18/h3-6,12-13H,7-11H2,1-2H3,(H,24,28). The van der Waals surface area contributed by atoms with Gasteiger partial charge in [0.15, 0.2) is 0 Å². The zero-order chi connectivity index (χ0) is 20.2. The van der Waals surface area contributed by atoms with Crippen molar-refractivity contribution in [3.63, 3.8) is 0 Å². The van der Waals surface area contributed by atoms with Crippen molar-refractivity contribution in [1.82, 2.24) is 20.1 Å². The van der Waals surface area contributed by atoms with Crippen LogP contribution < -0.4 is 15.1 Å². The number of anilines is 3. The second-order valence-corrected chi connectivity index (χ2v) is 6.96. The molecule has 9 heteroatoms. The van der Waals surface area contributed by atoms with Crippen LogP contribution in [-0.4, -0.2) is 52.2 Å². The number of carbonyl (C=O) groups is 1. The van der Waals surface area contributed by atoms with E-state index in [2.05, 4.69) is 35.2 Å². The molecule has 0 bridgehead atoms. The van der Waals surface area contributed by atoms with Crippen molar-refractivity contribution >= 4 is 23.4 Å². The summed E-state index contributed by atoms with van der Waals surface area (Å²) in [6.45, 7) is 6.97. The molecule has 4 heterocycles. The Morgan fingerprint density at radius 2 is 1.79 bits per heavy atom. The smallest absolute Gasteiger partial charge is 0.229 e. The van der Waals surface area contributed by atoms with Gasteiger partial charge in [0, 0.05) is 37.9 Å². The summed E-state index contributed by atoms with van der Waals surface area (Å²) in [5.74, 6) is 2.16. The highest BCUT2D eigenvalue weighted by atomic mass is 16.5. The van der Waals surface area contributed by atoms with Crippen molar-refractivity contribution in [2.75, 3.05) is 41.3 Å². The van der Waals surface area contributed by atoms with Crippen LogP contribution >= 0.6 is 0 Å². The molecule has 150 valence electrons. The van der Waals surface area contributed by atoms with Gasteiger partial charge >= 0.3 is 0 Å². The minimum atomic E-state index is -0.153. The number of nitrogens with zero attached hydrogens (tertiary/aromatic N) is 6. The summed E-state index contributed by atoms with van der Waals surface area (Å²) in [4.78, 5) is 29.9. The molecular formula is C20H23N7O2. The highest BCUT2D eigenvalue weighted by Gasteiger charge is 2.20. The molecule has 29 heavy (non-hydrogen) atoms. The summed E-state index contributed by atoms with van der Waals surface area (Å²) < 4.78 is 5.10. The summed E-state index contributed by atoms with van der Waals surface area (Å²) in [5, 5.41) is 6.70. The molecule has 3 aromatic rings. The molecule has 0 saturated carbocycles. The molecule has 1 saturated heterocycles. The van der Waals surface area contributed by atoms with Gasteiger partial charge in [-0.05, 0) is 26.0 Å². The van der Waals surface area contributed by atoms with Crippen LogP contribution in [0.3, 0.4) is 0 Å². The molecule has 0 spiro atoms. The number of amides is 1. The Morgan fingerprint density at radius 1 is 1.07 bits per heavy atom. The van der Waals surface area contributed by atoms with Crippen LogP contribution in [-0.2, 0) is 11.2 Å². The Labute approximate surface area is 168 Å². The van der Waals surface area contributed by atoms with Crippen LogP contribution in [0.25, 0.3) is 0 Å². The number of aryl methyl sites for hydroxylation is 2. The fourth-order valence-electron chi connectivity index (χ4n) is 3.35. The van der Waals surface area contributed by atoms with Crippen LogP contribution in [0.5, 0.6) is 0 Å². The van der Waals surface area contributed by atoms with E-state index in [9.17, 15) is 4.79 Å². The third-order valence-corrected chi connectivity index (χ3v) is 4.98. The molecular weight excluding hydrogens is 370 g/mol.